The maximum absolute atomic E-state index is 12.9. The highest BCUT2D eigenvalue weighted by atomic mass is 32.1. The Bertz CT molecular complexity index is 986. The Morgan fingerprint density at radius 3 is 2.91 bits per heavy atom. The number of hydrogen-bond acceptors (Lipinski definition) is 6. The van der Waals surface area contributed by atoms with Crippen molar-refractivity contribution < 1.29 is 14.2 Å². The van der Waals surface area contributed by atoms with Crippen molar-refractivity contribution in [2.75, 3.05) is 59.2 Å². The molecule has 0 saturated carbocycles. The lowest BCUT2D eigenvalue weighted by atomic mass is 10.1. The third-order valence-electron chi connectivity index (χ3n) is 6.15. The van der Waals surface area contributed by atoms with Gasteiger partial charge in [-0.2, -0.15) is 0 Å². The van der Waals surface area contributed by atoms with Crippen molar-refractivity contribution in [3.05, 3.63) is 40.2 Å². The molecule has 2 fully saturated rings. The minimum absolute atomic E-state index is 0.0926. The molecule has 180 valence electrons. The van der Waals surface area contributed by atoms with Gasteiger partial charge in [0.2, 0.25) is 0 Å². The molecule has 2 aliphatic rings. The zero-order valence-electron chi connectivity index (χ0n) is 19.3. The summed E-state index contributed by atoms with van der Waals surface area (Å²) in [6, 6.07) is 7.67. The number of thiocarbonyl (C=S) groups is 1. The van der Waals surface area contributed by atoms with Crippen molar-refractivity contribution in [1.82, 2.24) is 20.1 Å². The van der Waals surface area contributed by atoms with Crippen LogP contribution in [0, 0.1) is 0 Å². The monoisotopic (exact) mass is 474 g/mol. The van der Waals surface area contributed by atoms with Crippen molar-refractivity contribution in [1.29, 1.82) is 0 Å². The molecule has 2 aromatic rings. The van der Waals surface area contributed by atoms with Crippen LogP contribution in [0.3, 0.4) is 0 Å². The molecule has 4 rings (SSSR count). The molecule has 3 heterocycles. The molecule has 2 aliphatic heterocycles. The molecule has 0 unspecified atom stereocenters. The number of fused-ring (bicyclic) bond motifs is 1. The SMILES string of the molecule is CCOc1ccc2[nH]c(=O)c(CN(CCN3CCOCC3)C(=S)NC[C@H]3CCCO3)cc2c1. The number of aromatic amines is 1. The minimum atomic E-state index is -0.0926. The second-order valence-corrected chi connectivity index (χ2v) is 8.89. The van der Waals surface area contributed by atoms with Crippen molar-refractivity contribution in [2.24, 2.45) is 0 Å². The first-order valence-corrected chi connectivity index (χ1v) is 12.3. The Hall–Kier alpha value is -2.20. The van der Waals surface area contributed by atoms with Gasteiger partial charge < -0.3 is 29.4 Å². The molecular weight excluding hydrogens is 440 g/mol. The van der Waals surface area contributed by atoms with E-state index in [4.69, 9.17) is 26.4 Å². The molecule has 1 atom stereocenters. The van der Waals surface area contributed by atoms with Gasteiger partial charge in [0.1, 0.15) is 5.75 Å². The summed E-state index contributed by atoms with van der Waals surface area (Å²) in [6.45, 7) is 9.45. The van der Waals surface area contributed by atoms with Crippen LogP contribution in [0.5, 0.6) is 5.75 Å². The summed E-state index contributed by atoms with van der Waals surface area (Å²) in [5, 5.41) is 4.97. The summed E-state index contributed by atoms with van der Waals surface area (Å²) >= 11 is 5.75. The summed E-state index contributed by atoms with van der Waals surface area (Å²) < 4.78 is 16.8. The number of pyridine rings is 1. The third-order valence-corrected chi connectivity index (χ3v) is 6.55. The van der Waals surface area contributed by atoms with E-state index in [2.05, 4.69) is 20.1 Å². The Kier molecular flexibility index (Phi) is 8.55. The fourth-order valence-electron chi connectivity index (χ4n) is 4.27. The van der Waals surface area contributed by atoms with Crippen LogP contribution < -0.4 is 15.6 Å². The molecular formula is C24H34N4O4S. The molecule has 9 heteroatoms. The molecule has 2 saturated heterocycles. The summed E-state index contributed by atoms with van der Waals surface area (Å²) in [5.41, 5.74) is 1.38. The fourth-order valence-corrected chi connectivity index (χ4v) is 4.51. The third kappa shape index (κ3) is 6.66. The molecule has 0 bridgehead atoms. The van der Waals surface area contributed by atoms with E-state index in [1.807, 2.05) is 31.2 Å². The zero-order valence-corrected chi connectivity index (χ0v) is 20.1. The van der Waals surface area contributed by atoms with E-state index < -0.39 is 0 Å². The Morgan fingerprint density at radius 2 is 2.15 bits per heavy atom. The minimum Gasteiger partial charge on any atom is -0.494 e. The number of nitrogens with one attached hydrogen (secondary N) is 2. The molecule has 0 amide bonds. The highest BCUT2D eigenvalue weighted by Gasteiger charge is 2.19. The number of hydrogen-bond donors (Lipinski definition) is 2. The van der Waals surface area contributed by atoms with Crippen LogP contribution in [0.4, 0.5) is 0 Å². The lowest BCUT2D eigenvalue weighted by Gasteiger charge is -2.31. The predicted octanol–water partition coefficient (Wildman–Crippen LogP) is 2.11. The number of aromatic nitrogens is 1. The Balaban J connectivity index is 1.49. The quantitative estimate of drug-likeness (QED) is 0.535. The van der Waals surface area contributed by atoms with E-state index in [1.165, 1.54) is 0 Å². The molecule has 33 heavy (non-hydrogen) atoms. The first-order valence-electron chi connectivity index (χ1n) is 11.9. The average molecular weight is 475 g/mol. The first-order chi connectivity index (χ1) is 16.1. The number of H-pyrrole nitrogens is 1. The zero-order chi connectivity index (χ0) is 23.0. The molecule has 0 aliphatic carbocycles. The number of rotatable bonds is 9. The van der Waals surface area contributed by atoms with Crippen molar-refractivity contribution in [2.45, 2.75) is 32.4 Å². The van der Waals surface area contributed by atoms with Gasteiger partial charge >= 0.3 is 0 Å². The van der Waals surface area contributed by atoms with E-state index in [0.717, 1.165) is 75.5 Å². The van der Waals surface area contributed by atoms with Gasteiger partial charge in [-0.3, -0.25) is 9.69 Å². The van der Waals surface area contributed by atoms with Crippen LogP contribution in [0.15, 0.2) is 29.1 Å². The van der Waals surface area contributed by atoms with E-state index in [9.17, 15) is 4.79 Å². The normalized spacial score (nSPS) is 19.0. The largest absolute Gasteiger partial charge is 0.494 e. The lowest BCUT2D eigenvalue weighted by Crippen LogP contribution is -2.47. The Labute approximate surface area is 200 Å². The summed E-state index contributed by atoms with van der Waals surface area (Å²) in [5.74, 6) is 0.793. The van der Waals surface area contributed by atoms with Gasteiger partial charge in [0.05, 0.1) is 32.5 Å². The molecule has 2 N–H and O–H groups in total. The number of benzene rings is 1. The maximum Gasteiger partial charge on any atom is 0.253 e. The van der Waals surface area contributed by atoms with Gasteiger partial charge in [0.15, 0.2) is 5.11 Å². The average Bonchev–Trinajstić information content (AvgIpc) is 3.35. The second-order valence-electron chi connectivity index (χ2n) is 8.50. The van der Waals surface area contributed by atoms with Crippen LogP contribution in [-0.2, 0) is 16.0 Å². The van der Waals surface area contributed by atoms with Crippen LogP contribution in [0.2, 0.25) is 0 Å². The van der Waals surface area contributed by atoms with Gasteiger partial charge in [-0.05, 0) is 56.2 Å². The highest BCUT2D eigenvalue weighted by Crippen LogP contribution is 2.20. The maximum atomic E-state index is 12.9. The Morgan fingerprint density at radius 1 is 1.30 bits per heavy atom. The van der Waals surface area contributed by atoms with E-state index in [1.54, 1.807) is 0 Å². The molecule has 1 aromatic heterocycles. The number of morpholine rings is 1. The van der Waals surface area contributed by atoms with Crippen LogP contribution >= 0.6 is 12.2 Å². The number of nitrogens with zero attached hydrogens (tertiary/aromatic N) is 2. The fraction of sp³-hybridized carbons (Fsp3) is 0.583. The molecule has 1 aromatic carbocycles. The summed E-state index contributed by atoms with van der Waals surface area (Å²) in [4.78, 5) is 20.3. The first kappa shape index (κ1) is 23.9. The predicted molar refractivity (Wildman–Crippen MR) is 133 cm³/mol. The summed E-state index contributed by atoms with van der Waals surface area (Å²) in [7, 11) is 0. The molecule has 0 radical (unpaired) electrons. The standard InChI is InChI=1S/C24H34N4O4S/c1-2-31-20-5-6-22-18(15-20)14-19(23(29)26-22)17-28(8-7-27-9-12-30-13-10-27)24(33)25-16-21-4-3-11-32-21/h5-6,14-15,21H,2-4,7-13,16-17H2,1H3,(H,25,33)(H,26,29)/t21-/m1/s1. The number of ether oxygens (including phenoxy) is 3. The van der Waals surface area contributed by atoms with Crippen LogP contribution in [-0.4, -0.2) is 85.2 Å². The van der Waals surface area contributed by atoms with Gasteiger partial charge in [-0.25, -0.2) is 0 Å². The smallest absolute Gasteiger partial charge is 0.253 e. The van der Waals surface area contributed by atoms with Crippen molar-refractivity contribution in [3.8, 4) is 5.75 Å². The van der Waals surface area contributed by atoms with Crippen LogP contribution in [0.1, 0.15) is 25.3 Å². The highest BCUT2D eigenvalue weighted by molar-refractivity contribution is 7.80. The van der Waals surface area contributed by atoms with Gasteiger partial charge in [-0.15, -0.1) is 0 Å². The topological polar surface area (TPSA) is 79.1 Å². The van der Waals surface area contributed by atoms with E-state index in [0.29, 0.717) is 30.4 Å². The summed E-state index contributed by atoms with van der Waals surface area (Å²) in [6.07, 6.45) is 2.34. The second kappa shape index (κ2) is 11.8. The van der Waals surface area contributed by atoms with Gasteiger partial charge in [-0.1, -0.05) is 0 Å². The molecule has 8 nitrogen and oxygen atoms in total. The van der Waals surface area contributed by atoms with E-state index in [-0.39, 0.29) is 11.7 Å². The van der Waals surface area contributed by atoms with Gasteiger partial charge in [0, 0.05) is 55.8 Å². The van der Waals surface area contributed by atoms with Crippen LogP contribution in [0.25, 0.3) is 10.9 Å². The lowest BCUT2D eigenvalue weighted by molar-refractivity contribution is 0.0356. The molecule has 0 spiro atoms. The van der Waals surface area contributed by atoms with Gasteiger partial charge in [0.25, 0.3) is 5.56 Å². The van der Waals surface area contributed by atoms with E-state index >= 15 is 0 Å². The van der Waals surface area contributed by atoms with Crippen molar-refractivity contribution in [3.63, 3.8) is 0 Å². The van der Waals surface area contributed by atoms with Crippen molar-refractivity contribution >= 4 is 28.2 Å².